The van der Waals surface area contributed by atoms with Gasteiger partial charge in [0.25, 0.3) is 0 Å². The van der Waals surface area contributed by atoms with Crippen LogP contribution in [0.2, 0.25) is 0 Å². The first-order chi connectivity index (χ1) is 9.65. The maximum Gasteiger partial charge on any atom is 0.308 e. The van der Waals surface area contributed by atoms with Gasteiger partial charge in [0.15, 0.2) is 11.5 Å². The van der Waals surface area contributed by atoms with Crippen molar-refractivity contribution in [3.05, 3.63) is 24.4 Å². The molecule has 20 heavy (non-hydrogen) atoms. The molecule has 6 heteroatoms. The number of benzene rings is 1. The van der Waals surface area contributed by atoms with Crippen LogP contribution < -0.4 is 14.8 Å². The monoisotopic (exact) mass is 274 g/mol. The van der Waals surface area contributed by atoms with Gasteiger partial charge in [0.2, 0.25) is 6.79 Å². The zero-order valence-corrected chi connectivity index (χ0v) is 10.9. The van der Waals surface area contributed by atoms with Crippen molar-refractivity contribution in [2.24, 2.45) is 5.92 Å². The van der Waals surface area contributed by atoms with E-state index in [2.05, 4.69) is 10.3 Å². The molecule has 0 fully saturated rings. The van der Waals surface area contributed by atoms with Crippen LogP contribution in [0, 0.1) is 5.92 Å². The zero-order chi connectivity index (χ0) is 14.1. The molecule has 2 heterocycles. The largest absolute Gasteiger partial charge is 0.481 e. The third-order valence-corrected chi connectivity index (χ3v) is 3.25. The molecule has 1 atom stereocenters. The van der Waals surface area contributed by atoms with Gasteiger partial charge in [-0.2, -0.15) is 0 Å². The van der Waals surface area contributed by atoms with Crippen LogP contribution in [0.3, 0.4) is 0 Å². The predicted octanol–water partition coefficient (Wildman–Crippen LogP) is 2.10. The number of carboxylic acids is 1. The number of fused-ring (bicyclic) bond motifs is 2. The number of aromatic nitrogens is 1. The lowest BCUT2D eigenvalue weighted by molar-refractivity contribution is -0.140. The van der Waals surface area contributed by atoms with Crippen LogP contribution in [0.5, 0.6) is 11.5 Å². The van der Waals surface area contributed by atoms with Gasteiger partial charge in [0, 0.05) is 18.1 Å². The van der Waals surface area contributed by atoms with E-state index < -0.39 is 11.9 Å². The molecule has 1 unspecified atom stereocenters. The highest BCUT2D eigenvalue weighted by Gasteiger charge is 2.16. The SMILES string of the molecule is CC(CNc1nccc2cc3c(cc12)OCO3)C(=O)O. The highest BCUT2D eigenvalue weighted by atomic mass is 16.7. The predicted molar refractivity (Wildman–Crippen MR) is 73.2 cm³/mol. The molecule has 0 bridgehead atoms. The van der Waals surface area contributed by atoms with Gasteiger partial charge in [0.1, 0.15) is 5.82 Å². The van der Waals surface area contributed by atoms with Gasteiger partial charge in [-0.05, 0) is 23.6 Å². The fourth-order valence-electron chi connectivity index (χ4n) is 2.04. The quantitative estimate of drug-likeness (QED) is 0.888. The Hall–Kier alpha value is -2.50. The fraction of sp³-hybridized carbons (Fsp3) is 0.286. The molecule has 0 radical (unpaired) electrons. The summed E-state index contributed by atoms with van der Waals surface area (Å²) >= 11 is 0. The normalized spacial score (nSPS) is 14.2. The summed E-state index contributed by atoms with van der Waals surface area (Å²) in [5, 5.41) is 13.8. The number of anilines is 1. The molecule has 1 aliphatic heterocycles. The first-order valence-corrected chi connectivity index (χ1v) is 6.30. The van der Waals surface area contributed by atoms with E-state index in [1.54, 1.807) is 13.1 Å². The van der Waals surface area contributed by atoms with Crippen LogP contribution in [-0.2, 0) is 4.79 Å². The maximum absolute atomic E-state index is 10.8. The number of nitrogens with zero attached hydrogens (tertiary/aromatic N) is 1. The van der Waals surface area contributed by atoms with Crippen molar-refractivity contribution in [1.82, 2.24) is 4.98 Å². The highest BCUT2D eigenvalue weighted by molar-refractivity contribution is 5.94. The number of carboxylic acid groups (broad SMARTS) is 1. The van der Waals surface area contributed by atoms with Gasteiger partial charge in [0.05, 0.1) is 5.92 Å². The second-order valence-electron chi connectivity index (χ2n) is 4.71. The summed E-state index contributed by atoms with van der Waals surface area (Å²) in [6.45, 7) is 2.18. The third-order valence-electron chi connectivity index (χ3n) is 3.25. The van der Waals surface area contributed by atoms with E-state index in [1.807, 2.05) is 18.2 Å². The van der Waals surface area contributed by atoms with Gasteiger partial charge in [-0.3, -0.25) is 4.79 Å². The number of rotatable bonds is 4. The van der Waals surface area contributed by atoms with Crippen molar-refractivity contribution in [3.63, 3.8) is 0 Å². The molecule has 2 aromatic rings. The van der Waals surface area contributed by atoms with Crippen molar-refractivity contribution < 1.29 is 19.4 Å². The smallest absolute Gasteiger partial charge is 0.308 e. The van der Waals surface area contributed by atoms with Crippen molar-refractivity contribution >= 4 is 22.6 Å². The van der Waals surface area contributed by atoms with Crippen LogP contribution in [0.4, 0.5) is 5.82 Å². The van der Waals surface area contributed by atoms with E-state index in [1.165, 1.54) is 0 Å². The van der Waals surface area contributed by atoms with Gasteiger partial charge in [-0.1, -0.05) is 6.92 Å². The molecular formula is C14H14N2O4. The van der Waals surface area contributed by atoms with Crippen molar-refractivity contribution in [2.45, 2.75) is 6.92 Å². The zero-order valence-electron chi connectivity index (χ0n) is 10.9. The lowest BCUT2D eigenvalue weighted by atomic mass is 10.1. The van der Waals surface area contributed by atoms with Crippen LogP contribution >= 0.6 is 0 Å². The van der Waals surface area contributed by atoms with Crippen LogP contribution in [0.15, 0.2) is 24.4 Å². The summed E-state index contributed by atoms with van der Waals surface area (Å²) in [4.78, 5) is 15.1. The Morgan fingerprint density at radius 2 is 2.20 bits per heavy atom. The number of hydrogen-bond acceptors (Lipinski definition) is 5. The number of nitrogens with one attached hydrogen (secondary N) is 1. The Bertz CT molecular complexity index is 672. The van der Waals surface area contributed by atoms with Gasteiger partial charge in [-0.25, -0.2) is 4.98 Å². The minimum absolute atomic E-state index is 0.220. The molecule has 0 saturated carbocycles. The Morgan fingerprint density at radius 3 is 2.95 bits per heavy atom. The molecule has 6 nitrogen and oxygen atoms in total. The van der Waals surface area contributed by atoms with E-state index in [0.29, 0.717) is 23.9 Å². The van der Waals surface area contributed by atoms with Crippen LogP contribution in [0.25, 0.3) is 10.8 Å². The number of pyridine rings is 1. The molecule has 2 N–H and O–H groups in total. The first-order valence-electron chi connectivity index (χ1n) is 6.30. The average Bonchev–Trinajstić information content (AvgIpc) is 2.89. The molecule has 0 amide bonds. The number of hydrogen-bond donors (Lipinski definition) is 2. The summed E-state index contributed by atoms with van der Waals surface area (Å²) < 4.78 is 10.7. The Morgan fingerprint density at radius 1 is 1.45 bits per heavy atom. The molecule has 0 saturated heterocycles. The van der Waals surface area contributed by atoms with Crippen LogP contribution in [-0.4, -0.2) is 29.4 Å². The van der Waals surface area contributed by atoms with E-state index >= 15 is 0 Å². The third kappa shape index (κ3) is 2.20. The topological polar surface area (TPSA) is 80.7 Å². The summed E-state index contributed by atoms with van der Waals surface area (Å²) in [7, 11) is 0. The molecule has 1 aliphatic rings. The van der Waals surface area contributed by atoms with E-state index in [9.17, 15) is 4.79 Å². The maximum atomic E-state index is 10.8. The standard InChI is InChI=1S/C14H14N2O4/c1-8(14(17)18)6-16-13-10-5-12-11(19-7-20-12)4-9(10)2-3-15-13/h2-5,8H,6-7H2,1H3,(H,15,16)(H,17,18). The highest BCUT2D eigenvalue weighted by Crippen LogP contribution is 2.37. The minimum Gasteiger partial charge on any atom is -0.481 e. The lowest BCUT2D eigenvalue weighted by Gasteiger charge is -2.11. The number of aliphatic carboxylic acids is 1. The van der Waals surface area contributed by atoms with Gasteiger partial charge in [-0.15, -0.1) is 0 Å². The Labute approximate surface area is 115 Å². The number of ether oxygens (including phenoxy) is 2. The van der Waals surface area contributed by atoms with Crippen molar-refractivity contribution in [2.75, 3.05) is 18.7 Å². The summed E-state index contributed by atoms with van der Waals surface area (Å²) in [6.07, 6.45) is 1.68. The lowest BCUT2D eigenvalue weighted by Crippen LogP contribution is -2.20. The Balaban J connectivity index is 1.93. The Kier molecular flexibility index (Phi) is 3.06. The number of carbonyl (C=O) groups is 1. The first kappa shape index (κ1) is 12.5. The molecule has 0 aliphatic carbocycles. The van der Waals surface area contributed by atoms with E-state index in [4.69, 9.17) is 14.6 Å². The van der Waals surface area contributed by atoms with E-state index in [-0.39, 0.29) is 6.79 Å². The van der Waals surface area contributed by atoms with Gasteiger partial charge < -0.3 is 19.9 Å². The molecule has 1 aromatic carbocycles. The molecule has 1 aromatic heterocycles. The summed E-state index contributed by atoms with van der Waals surface area (Å²) in [6, 6.07) is 5.63. The minimum atomic E-state index is -0.838. The van der Waals surface area contributed by atoms with E-state index in [0.717, 1.165) is 10.8 Å². The second kappa shape index (κ2) is 4.88. The van der Waals surface area contributed by atoms with Crippen molar-refractivity contribution in [1.29, 1.82) is 0 Å². The summed E-state index contributed by atoms with van der Waals surface area (Å²) in [5.41, 5.74) is 0. The molecule has 3 rings (SSSR count). The fourth-order valence-corrected chi connectivity index (χ4v) is 2.04. The summed E-state index contributed by atoms with van der Waals surface area (Å²) in [5.74, 6) is 0.721. The second-order valence-corrected chi connectivity index (χ2v) is 4.71. The molecule has 0 spiro atoms. The molecule has 104 valence electrons. The molecular weight excluding hydrogens is 260 g/mol. The van der Waals surface area contributed by atoms with Gasteiger partial charge >= 0.3 is 5.97 Å². The van der Waals surface area contributed by atoms with Crippen molar-refractivity contribution in [3.8, 4) is 11.5 Å². The average molecular weight is 274 g/mol. The van der Waals surface area contributed by atoms with Crippen LogP contribution in [0.1, 0.15) is 6.92 Å².